The lowest BCUT2D eigenvalue weighted by Crippen LogP contribution is -2.14. The summed E-state index contributed by atoms with van der Waals surface area (Å²) >= 11 is 1.54. The zero-order chi connectivity index (χ0) is 18.7. The highest BCUT2D eigenvalue weighted by atomic mass is 32.1. The van der Waals surface area contributed by atoms with Crippen molar-refractivity contribution in [3.63, 3.8) is 0 Å². The van der Waals surface area contributed by atoms with Gasteiger partial charge in [-0.05, 0) is 51.0 Å². The Hall–Kier alpha value is -2.40. The fourth-order valence-electron chi connectivity index (χ4n) is 3.21. The lowest BCUT2D eigenvalue weighted by atomic mass is 10.2. The van der Waals surface area contributed by atoms with Crippen LogP contribution in [0.2, 0.25) is 0 Å². The molecule has 0 saturated carbocycles. The predicted molar refractivity (Wildman–Crippen MR) is 109 cm³/mol. The van der Waals surface area contributed by atoms with Gasteiger partial charge in [0.05, 0.1) is 12.1 Å². The molecule has 0 fully saturated rings. The van der Waals surface area contributed by atoms with E-state index in [2.05, 4.69) is 36.7 Å². The average molecular weight is 368 g/mol. The highest BCUT2D eigenvalue weighted by Crippen LogP contribution is 2.28. The number of aryl methyl sites for hydroxylation is 2. The van der Waals surface area contributed by atoms with Gasteiger partial charge in [0, 0.05) is 34.6 Å². The highest BCUT2D eigenvalue weighted by molar-refractivity contribution is 7.10. The van der Waals surface area contributed by atoms with E-state index in [9.17, 15) is 4.79 Å². The number of hydrogen-bond acceptors (Lipinski definition) is 3. The number of carbonyl (C=O) groups is 1. The molecule has 0 saturated heterocycles. The van der Waals surface area contributed by atoms with Gasteiger partial charge in [-0.25, -0.2) is 4.98 Å². The third-order valence-corrected chi connectivity index (χ3v) is 5.31. The topological polar surface area (TPSA) is 46.9 Å². The number of hydrogen-bond donors (Lipinski definition) is 1. The third kappa shape index (κ3) is 4.05. The number of thiazole rings is 1. The molecule has 26 heavy (non-hydrogen) atoms. The Balaban J connectivity index is 1.72. The van der Waals surface area contributed by atoms with Crippen LogP contribution in [0, 0.1) is 20.8 Å². The fraction of sp³-hybridized carbons (Fsp3) is 0.333. The maximum atomic E-state index is 12.3. The Labute approximate surface area is 158 Å². The van der Waals surface area contributed by atoms with Gasteiger partial charge < -0.3 is 9.88 Å². The van der Waals surface area contributed by atoms with E-state index in [4.69, 9.17) is 4.98 Å². The monoisotopic (exact) mass is 367 g/mol. The number of nitrogens with zero attached hydrogens (tertiary/aromatic N) is 2. The lowest BCUT2D eigenvalue weighted by Gasteiger charge is -2.07. The van der Waals surface area contributed by atoms with Crippen molar-refractivity contribution in [2.24, 2.45) is 0 Å². The Morgan fingerprint density at radius 3 is 2.77 bits per heavy atom. The van der Waals surface area contributed by atoms with E-state index in [0.717, 1.165) is 40.5 Å². The Kier molecular flexibility index (Phi) is 5.57. The molecule has 3 rings (SSSR count). The number of benzene rings is 1. The van der Waals surface area contributed by atoms with Gasteiger partial charge in [0.2, 0.25) is 5.91 Å². The molecule has 3 aromatic rings. The highest BCUT2D eigenvalue weighted by Gasteiger charge is 2.14. The van der Waals surface area contributed by atoms with Crippen molar-refractivity contribution in [2.75, 3.05) is 5.32 Å². The zero-order valence-corrected chi connectivity index (χ0v) is 16.6. The Morgan fingerprint density at radius 1 is 1.23 bits per heavy atom. The van der Waals surface area contributed by atoms with Crippen molar-refractivity contribution in [3.8, 4) is 11.3 Å². The van der Waals surface area contributed by atoms with E-state index in [-0.39, 0.29) is 5.91 Å². The van der Waals surface area contributed by atoms with Gasteiger partial charge in [-0.1, -0.05) is 19.1 Å². The summed E-state index contributed by atoms with van der Waals surface area (Å²) in [7, 11) is 0. The number of anilines is 1. The standard InChI is InChI=1S/C21H25N3OS/c1-5-9-24-15(3)11-18(16(24)4)19-13-26-21(23-19)12-20(25)22-17-8-6-7-14(2)10-17/h6-8,10-11,13H,5,9,12H2,1-4H3,(H,22,25). The summed E-state index contributed by atoms with van der Waals surface area (Å²) in [6, 6.07) is 10.0. The number of amides is 1. The molecule has 1 amide bonds. The largest absolute Gasteiger partial charge is 0.348 e. The smallest absolute Gasteiger partial charge is 0.231 e. The van der Waals surface area contributed by atoms with Crippen molar-refractivity contribution in [1.82, 2.24) is 9.55 Å². The summed E-state index contributed by atoms with van der Waals surface area (Å²) in [5.41, 5.74) is 6.58. The van der Waals surface area contributed by atoms with Crippen LogP contribution in [-0.4, -0.2) is 15.5 Å². The normalized spacial score (nSPS) is 10.9. The van der Waals surface area contributed by atoms with Crippen molar-refractivity contribution in [3.05, 3.63) is 57.7 Å². The molecule has 0 atom stereocenters. The quantitative estimate of drug-likeness (QED) is 0.657. The predicted octanol–water partition coefficient (Wildman–Crippen LogP) is 5.13. The van der Waals surface area contributed by atoms with E-state index < -0.39 is 0 Å². The first-order valence-electron chi connectivity index (χ1n) is 8.96. The minimum atomic E-state index is -0.0343. The molecule has 2 aromatic heterocycles. The van der Waals surface area contributed by atoms with Gasteiger partial charge >= 0.3 is 0 Å². The second kappa shape index (κ2) is 7.87. The first-order chi connectivity index (χ1) is 12.5. The molecule has 5 heteroatoms. The summed E-state index contributed by atoms with van der Waals surface area (Å²) in [5.74, 6) is -0.0343. The van der Waals surface area contributed by atoms with E-state index in [0.29, 0.717) is 6.42 Å². The molecule has 136 valence electrons. The summed E-state index contributed by atoms with van der Waals surface area (Å²) < 4.78 is 2.33. The SMILES string of the molecule is CCCn1c(C)cc(-c2csc(CC(=O)Nc3cccc(C)c3)n2)c1C. The minimum Gasteiger partial charge on any atom is -0.348 e. The van der Waals surface area contributed by atoms with Crippen LogP contribution >= 0.6 is 11.3 Å². The first-order valence-corrected chi connectivity index (χ1v) is 9.84. The molecule has 0 unspecified atom stereocenters. The van der Waals surface area contributed by atoms with E-state index in [1.54, 1.807) is 11.3 Å². The average Bonchev–Trinajstić information content (AvgIpc) is 3.14. The molecule has 4 nitrogen and oxygen atoms in total. The second-order valence-electron chi connectivity index (χ2n) is 6.66. The van der Waals surface area contributed by atoms with Crippen LogP contribution in [0.1, 0.15) is 35.3 Å². The molecule has 0 spiro atoms. The number of rotatable bonds is 6. The summed E-state index contributed by atoms with van der Waals surface area (Å²) in [6.45, 7) is 9.49. The lowest BCUT2D eigenvalue weighted by molar-refractivity contribution is -0.115. The molecule has 2 heterocycles. The summed E-state index contributed by atoms with van der Waals surface area (Å²) in [5, 5.41) is 5.83. The number of carbonyl (C=O) groups excluding carboxylic acids is 1. The molecule has 1 aromatic carbocycles. The molecular formula is C21H25N3OS. The van der Waals surface area contributed by atoms with Gasteiger partial charge in [-0.2, -0.15) is 0 Å². The molecule has 0 aliphatic heterocycles. The van der Waals surface area contributed by atoms with Crippen molar-refractivity contribution >= 4 is 22.9 Å². The van der Waals surface area contributed by atoms with Crippen LogP contribution < -0.4 is 5.32 Å². The van der Waals surface area contributed by atoms with Crippen LogP contribution in [0.3, 0.4) is 0 Å². The summed E-state index contributed by atoms with van der Waals surface area (Å²) in [4.78, 5) is 17.0. The number of aromatic nitrogens is 2. The van der Waals surface area contributed by atoms with E-state index in [1.807, 2.05) is 36.6 Å². The maximum Gasteiger partial charge on any atom is 0.231 e. The Bertz CT molecular complexity index is 923. The number of nitrogens with one attached hydrogen (secondary N) is 1. The fourth-order valence-corrected chi connectivity index (χ4v) is 4.00. The molecular weight excluding hydrogens is 342 g/mol. The van der Waals surface area contributed by atoms with E-state index >= 15 is 0 Å². The molecule has 0 aliphatic rings. The second-order valence-corrected chi connectivity index (χ2v) is 7.60. The van der Waals surface area contributed by atoms with Gasteiger partial charge in [0.25, 0.3) is 0 Å². The molecule has 0 bridgehead atoms. The van der Waals surface area contributed by atoms with Gasteiger partial charge in [0.1, 0.15) is 5.01 Å². The Morgan fingerprint density at radius 2 is 2.04 bits per heavy atom. The van der Waals surface area contributed by atoms with Crippen LogP contribution in [0.25, 0.3) is 11.3 Å². The van der Waals surface area contributed by atoms with Gasteiger partial charge in [-0.3, -0.25) is 4.79 Å². The van der Waals surface area contributed by atoms with Crippen LogP contribution in [0.15, 0.2) is 35.7 Å². The summed E-state index contributed by atoms with van der Waals surface area (Å²) in [6.07, 6.45) is 1.41. The van der Waals surface area contributed by atoms with Gasteiger partial charge in [0.15, 0.2) is 0 Å². The van der Waals surface area contributed by atoms with Crippen LogP contribution in [-0.2, 0) is 17.8 Å². The zero-order valence-electron chi connectivity index (χ0n) is 15.8. The molecule has 0 radical (unpaired) electrons. The minimum absolute atomic E-state index is 0.0343. The third-order valence-electron chi connectivity index (χ3n) is 4.46. The maximum absolute atomic E-state index is 12.3. The van der Waals surface area contributed by atoms with Crippen LogP contribution in [0.4, 0.5) is 5.69 Å². The molecule has 0 aliphatic carbocycles. The molecule has 1 N–H and O–H groups in total. The van der Waals surface area contributed by atoms with Gasteiger partial charge in [-0.15, -0.1) is 11.3 Å². The first kappa shape index (κ1) is 18.4. The van der Waals surface area contributed by atoms with Crippen LogP contribution in [0.5, 0.6) is 0 Å². The van der Waals surface area contributed by atoms with Crippen molar-refractivity contribution < 1.29 is 4.79 Å². The van der Waals surface area contributed by atoms with Crippen molar-refractivity contribution in [2.45, 2.75) is 47.1 Å². The van der Waals surface area contributed by atoms with Crippen molar-refractivity contribution in [1.29, 1.82) is 0 Å². The van der Waals surface area contributed by atoms with E-state index in [1.165, 1.54) is 11.4 Å².